The summed E-state index contributed by atoms with van der Waals surface area (Å²) in [4.78, 5) is 23.5. The fourth-order valence-electron chi connectivity index (χ4n) is 2.50. The maximum Gasteiger partial charge on any atom is 0.269 e. The van der Waals surface area contributed by atoms with Gasteiger partial charge in [0.05, 0.1) is 17.2 Å². The van der Waals surface area contributed by atoms with Crippen molar-refractivity contribution in [2.24, 2.45) is 0 Å². The summed E-state index contributed by atoms with van der Waals surface area (Å²) in [5.74, 6) is 0.914. The van der Waals surface area contributed by atoms with Gasteiger partial charge in [-0.2, -0.15) is 4.98 Å². The van der Waals surface area contributed by atoms with E-state index in [1.54, 1.807) is 30.6 Å². The van der Waals surface area contributed by atoms with E-state index in [1.165, 1.54) is 12.1 Å². The van der Waals surface area contributed by atoms with Crippen LogP contribution in [0.3, 0.4) is 0 Å². The topological polar surface area (TPSA) is 126 Å². The van der Waals surface area contributed by atoms with Crippen molar-refractivity contribution in [1.29, 1.82) is 0 Å². The molecule has 0 aliphatic heterocycles. The number of anilines is 2. The first kappa shape index (κ1) is 19.2. The highest BCUT2D eigenvalue weighted by Gasteiger charge is 2.10. The highest BCUT2D eigenvalue weighted by Crippen LogP contribution is 2.22. The molecule has 0 bridgehead atoms. The second-order valence-electron chi connectivity index (χ2n) is 6.21. The van der Waals surface area contributed by atoms with Gasteiger partial charge in [-0.3, -0.25) is 15.1 Å². The van der Waals surface area contributed by atoms with Crippen molar-refractivity contribution in [3.63, 3.8) is 0 Å². The normalized spacial score (nSPS) is 11.6. The SMILES string of the molecule is C[C@H](CO)Nc1nc(NCc2cccc([N+](=O)[O-])c2)cc(-c2cccnc2)n1. The number of nitro benzene ring substituents is 1. The zero-order valence-corrected chi connectivity index (χ0v) is 15.2. The lowest BCUT2D eigenvalue weighted by Gasteiger charge is -2.14. The van der Waals surface area contributed by atoms with Gasteiger partial charge in [-0.05, 0) is 24.6 Å². The second-order valence-corrected chi connectivity index (χ2v) is 6.21. The van der Waals surface area contributed by atoms with Crippen molar-refractivity contribution in [2.75, 3.05) is 17.2 Å². The number of aliphatic hydroxyl groups is 1. The minimum atomic E-state index is -0.424. The zero-order chi connectivity index (χ0) is 19.9. The summed E-state index contributed by atoms with van der Waals surface area (Å²) < 4.78 is 0. The molecule has 0 saturated carbocycles. The summed E-state index contributed by atoms with van der Waals surface area (Å²) in [6, 6.07) is 11.7. The molecular weight excluding hydrogens is 360 g/mol. The maximum absolute atomic E-state index is 10.9. The van der Waals surface area contributed by atoms with Crippen LogP contribution in [0.5, 0.6) is 0 Å². The molecule has 2 heterocycles. The van der Waals surface area contributed by atoms with Crippen molar-refractivity contribution in [3.8, 4) is 11.3 Å². The summed E-state index contributed by atoms with van der Waals surface area (Å²) in [5.41, 5.74) is 2.28. The van der Waals surface area contributed by atoms with Gasteiger partial charge in [0.25, 0.3) is 5.69 Å². The number of nitrogens with one attached hydrogen (secondary N) is 2. The highest BCUT2D eigenvalue weighted by atomic mass is 16.6. The van der Waals surface area contributed by atoms with Crippen LogP contribution in [0.2, 0.25) is 0 Å². The zero-order valence-electron chi connectivity index (χ0n) is 15.2. The molecule has 0 saturated heterocycles. The molecule has 9 nitrogen and oxygen atoms in total. The molecule has 0 aliphatic rings. The van der Waals surface area contributed by atoms with Crippen LogP contribution in [0, 0.1) is 10.1 Å². The van der Waals surface area contributed by atoms with Gasteiger partial charge in [0.15, 0.2) is 0 Å². The molecule has 3 N–H and O–H groups in total. The van der Waals surface area contributed by atoms with Crippen LogP contribution in [0.1, 0.15) is 12.5 Å². The molecule has 1 atom stereocenters. The van der Waals surface area contributed by atoms with Crippen molar-refractivity contribution in [3.05, 3.63) is 70.5 Å². The Bertz CT molecular complexity index is 951. The Balaban J connectivity index is 1.85. The lowest BCUT2D eigenvalue weighted by Crippen LogP contribution is -2.21. The first-order chi connectivity index (χ1) is 13.5. The van der Waals surface area contributed by atoms with Crippen molar-refractivity contribution in [2.45, 2.75) is 19.5 Å². The van der Waals surface area contributed by atoms with E-state index in [4.69, 9.17) is 0 Å². The van der Waals surface area contributed by atoms with E-state index in [9.17, 15) is 15.2 Å². The summed E-state index contributed by atoms with van der Waals surface area (Å²) in [5, 5.41) is 26.4. The Labute approximate surface area is 161 Å². The fourth-order valence-corrected chi connectivity index (χ4v) is 2.50. The third-order valence-corrected chi connectivity index (χ3v) is 3.93. The van der Waals surface area contributed by atoms with Crippen LogP contribution in [0.25, 0.3) is 11.3 Å². The average molecular weight is 380 g/mol. The standard InChI is InChI=1S/C19H20N6O3/c1-13(12-26)22-19-23-17(15-5-3-7-20-11-15)9-18(24-19)21-10-14-4-2-6-16(8-14)25(27)28/h2-9,11,13,26H,10,12H2,1H3,(H2,21,22,23,24)/t13-/m1/s1. The maximum atomic E-state index is 10.9. The van der Waals surface area contributed by atoms with Gasteiger partial charge >= 0.3 is 0 Å². The van der Waals surface area contributed by atoms with Crippen LogP contribution in [0.15, 0.2) is 54.9 Å². The lowest BCUT2D eigenvalue weighted by atomic mass is 10.2. The molecule has 144 valence electrons. The van der Waals surface area contributed by atoms with Crippen molar-refractivity contribution in [1.82, 2.24) is 15.0 Å². The molecule has 28 heavy (non-hydrogen) atoms. The number of hydrogen-bond donors (Lipinski definition) is 3. The van der Waals surface area contributed by atoms with Gasteiger partial charge in [0.2, 0.25) is 5.95 Å². The Kier molecular flexibility index (Phi) is 6.07. The van der Waals surface area contributed by atoms with E-state index < -0.39 is 4.92 Å². The largest absolute Gasteiger partial charge is 0.394 e. The van der Waals surface area contributed by atoms with Gasteiger partial charge in [-0.25, -0.2) is 4.98 Å². The summed E-state index contributed by atoms with van der Waals surface area (Å²) in [6.45, 7) is 2.12. The molecule has 0 fully saturated rings. The van der Waals surface area contributed by atoms with E-state index >= 15 is 0 Å². The van der Waals surface area contributed by atoms with Gasteiger partial charge in [0, 0.05) is 48.7 Å². The van der Waals surface area contributed by atoms with Crippen LogP contribution in [0.4, 0.5) is 17.5 Å². The van der Waals surface area contributed by atoms with E-state index in [-0.39, 0.29) is 18.3 Å². The number of aromatic nitrogens is 3. The Morgan fingerprint density at radius 3 is 2.79 bits per heavy atom. The average Bonchev–Trinajstić information content (AvgIpc) is 2.73. The molecule has 3 aromatic rings. The van der Waals surface area contributed by atoms with E-state index in [0.29, 0.717) is 24.0 Å². The molecule has 0 radical (unpaired) electrons. The minimum absolute atomic E-state index is 0.0390. The molecule has 0 spiro atoms. The van der Waals surface area contributed by atoms with Crippen LogP contribution in [-0.4, -0.2) is 37.6 Å². The second kappa shape index (κ2) is 8.87. The first-order valence-electron chi connectivity index (χ1n) is 8.69. The summed E-state index contributed by atoms with van der Waals surface area (Å²) >= 11 is 0. The minimum Gasteiger partial charge on any atom is -0.394 e. The van der Waals surface area contributed by atoms with E-state index in [1.807, 2.05) is 19.1 Å². The molecule has 1 aromatic carbocycles. The molecular formula is C19H20N6O3. The molecule has 0 unspecified atom stereocenters. The van der Waals surface area contributed by atoms with Crippen LogP contribution in [-0.2, 0) is 6.54 Å². The van der Waals surface area contributed by atoms with Gasteiger partial charge in [-0.1, -0.05) is 12.1 Å². The molecule has 3 rings (SSSR count). The first-order valence-corrected chi connectivity index (χ1v) is 8.69. The number of pyridine rings is 1. The monoisotopic (exact) mass is 380 g/mol. The number of hydrogen-bond acceptors (Lipinski definition) is 8. The van der Waals surface area contributed by atoms with E-state index in [0.717, 1.165) is 11.1 Å². The fraction of sp³-hybridized carbons (Fsp3) is 0.211. The highest BCUT2D eigenvalue weighted by molar-refractivity contribution is 5.63. The van der Waals surface area contributed by atoms with Crippen LogP contribution < -0.4 is 10.6 Å². The number of rotatable bonds is 8. The van der Waals surface area contributed by atoms with Crippen molar-refractivity contribution < 1.29 is 10.0 Å². The van der Waals surface area contributed by atoms with Crippen molar-refractivity contribution >= 4 is 17.5 Å². The summed E-state index contributed by atoms with van der Waals surface area (Å²) in [7, 11) is 0. The Morgan fingerprint density at radius 1 is 1.21 bits per heavy atom. The van der Waals surface area contributed by atoms with Gasteiger partial charge in [0.1, 0.15) is 5.82 Å². The Hall–Kier alpha value is -3.59. The summed E-state index contributed by atoms with van der Waals surface area (Å²) in [6.07, 6.45) is 3.38. The third-order valence-electron chi connectivity index (χ3n) is 3.93. The Morgan fingerprint density at radius 2 is 2.07 bits per heavy atom. The predicted molar refractivity (Wildman–Crippen MR) is 106 cm³/mol. The van der Waals surface area contributed by atoms with Gasteiger partial charge < -0.3 is 15.7 Å². The number of benzene rings is 1. The molecule has 0 amide bonds. The van der Waals surface area contributed by atoms with E-state index in [2.05, 4.69) is 25.6 Å². The lowest BCUT2D eigenvalue weighted by molar-refractivity contribution is -0.384. The number of nitro groups is 1. The quantitative estimate of drug-likeness (QED) is 0.402. The van der Waals surface area contributed by atoms with Gasteiger partial charge in [-0.15, -0.1) is 0 Å². The molecule has 0 aliphatic carbocycles. The molecule has 9 heteroatoms. The number of aliphatic hydroxyl groups excluding tert-OH is 1. The number of nitrogens with zero attached hydrogens (tertiary/aromatic N) is 4. The molecule has 2 aromatic heterocycles. The number of non-ortho nitro benzene ring substituents is 1. The third kappa shape index (κ3) is 4.98. The predicted octanol–water partition coefficient (Wildman–Crippen LogP) is 2.85. The smallest absolute Gasteiger partial charge is 0.269 e. The van der Waals surface area contributed by atoms with Crippen LogP contribution >= 0.6 is 0 Å².